The molecule has 1 aromatic heterocycles. The van der Waals surface area contributed by atoms with Gasteiger partial charge in [-0.2, -0.15) is 0 Å². The minimum Gasteiger partial charge on any atom is -0.325 e. The number of nitrogens with two attached hydrogens (primary N) is 1. The first-order valence-corrected chi connectivity index (χ1v) is 6.38. The molecule has 3 rings (SSSR count). The van der Waals surface area contributed by atoms with Gasteiger partial charge in [-0.25, -0.2) is 4.98 Å². The first-order chi connectivity index (χ1) is 8.36. The van der Waals surface area contributed by atoms with Crippen LogP contribution in [-0.2, 0) is 6.54 Å². The zero-order valence-corrected chi connectivity index (χ0v) is 10.1. The highest BCUT2D eigenvalue weighted by Crippen LogP contribution is 2.26. The number of benzene rings is 2. The third kappa shape index (κ3) is 1.95. The maximum absolute atomic E-state index is 5.58. The van der Waals surface area contributed by atoms with Crippen LogP contribution in [-0.4, -0.2) is 4.98 Å². The highest BCUT2D eigenvalue weighted by molar-refractivity contribution is 7.13. The van der Waals surface area contributed by atoms with Crippen LogP contribution < -0.4 is 5.73 Å². The molecule has 0 atom stereocenters. The summed E-state index contributed by atoms with van der Waals surface area (Å²) in [6.45, 7) is 0.504. The van der Waals surface area contributed by atoms with Gasteiger partial charge >= 0.3 is 0 Å². The second-order valence-electron chi connectivity index (χ2n) is 3.91. The van der Waals surface area contributed by atoms with E-state index in [1.165, 1.54) is 10.8 Å². The zero-order chi connectivity index (χ0) is 11.7. The lowest BCUT2D eigenvalue weighted by molar-refractivity contribution is 1.01. The van der Waals surface area contributed by atoms with Crippen LogP contribution in [0.5, 0.6) is 0 Å². The van der Waals surface area contributed by atoms with E-state index in [1.54, 1.807) is 11.3 Å². The highest BCUT2D eigenvalue weighted by Gasteiger charge is 2.04. The van der Waals surface area contributed by atoms with Crippen molar-refractivity contribution in [1.82, 2.24) is 4.98 Å². The Balaban J connectivity index is 2.11. The summed E-state index contributed by atoms with van der Waals surface area (Å²) in [4.78, 5) is 4.50. The summed E-state index contributed by atoms with van der Waals surface area (Å²) < 4.78 is 0. The lowest BCUT2D eigenvalue weighted by atomic mass is 10.1. The molecule has 0 unspecified atom stereocenters. The monoisotopic (exact) mass is 240 g/mol. The standard InChI is InChI=1S/C14H12N2S/c15-8-13-9-17-14(16-13)12-6-5-10-3-1-2-4-11(10)7-12/h1-7,9H,8,15H2. The fourth-order valence-electron chi connectivity index (χ4n) is 1.86. The van der Waals surface area contributed by atoms with Gasteiger partial charge in [0.1, 0.15) is 5.01 Å². The number of hydrogen-bond donors (Lipinski definition) is 1. The van der Waals surface area contributed by atoms with Crippen molar-refractivity contribution in [2.45, 2.75) is 6.54 Å². The molecule has 3 aromatic rings. The predicted molar refractivity (Wildman–Crippen MR) is 72.9 cm³/mol. The normalized spacial score (nSPS) is 10.9. The minimum absolute atomic E-state index is 0.504. The van der Waals surface area contributed by atoms with Crippen molar-refractivity contribution in [3.63, 3.8) is 0 Å². The first-order valence-electron chi connectivity index (χ1n) is 5.50. The minimum atomic E-state index is 0.504. The quantitative estimate of drug-likeness (QED) is 0.745. The fraction of sp³-hybridized carbons (Fsp3) is 0.0714. The molecule has 0 aliphatic carbocycles. The molecule has 84 valence electrons. The van der Waals surface area contributed by atoms with Gasteiger partial charge in [0.2, 0.25) is 0 Å². The van der Waals surface area contributed by atoms with Gasteiger partial charge in [0.25, 0.3) is 0 Å². The van der Waals surface area contributed by atoms with Gasteiger partial charge in [-0.15, -0.1) is 11.3 Å². The third-order valence-electron chi connectivity index (χ3n) is 2.76. The van der Waals surface area contributed by atoms with Gasteiger partial charge in [0.15, 0.2) is 0 Å². The summed E-state index contributed by atoms with van der Waals surface area (Å²) >= 11 is 1.64. The van der Waals surface area contributed by atoms with Crippen LogP contribution in [0, 0.1) is 0 Å². The molecule has 0 aliphatic heterocycles. The lowest BCUT2D eigenvalue weighted by Crippen LogP contribution is -1.95. The Labute approximate surface area is 104 Å². The SMILES string of the molecule is NCc1csc(-c2ccc3ccccc3c2)n1. The Morgan fingerprint density at radius 3 is 2.65 bits per heavy atom. The smallest absolute Gasteiger partial charge is 0.123 e. The van der Waals surface area contributed by atoms with Gasteiger partial charge in [0, 0.05) is 17.5 Å². The van der Waals surface area contributed by atoms with E-state index >= 15 is 0 Å². The molecule has 0 aliphatic rings. The fourth-order valence-corrected chi connectivity index (χ4v) is 2.69. The van der Waals surface area contributed by atoms with Crippen molar-refractivity contribution in [3.05, 3.63) is 53.5 Å². The molecule has 2 aromatic carbocycles. The summed E-state index contributed by atoms with van der Waals surface area (Å²) in [6, 6.07) is 14.8. The summed E-state index contributed by atoms with van der Waals surface area (Å²) in [5.74, 6) is 0. The van der Waals surface area contributed by atoms with Gasteiger partial charge in [-0.05, 0) is 16.8 Å². The van der Waals surface area contributed by atoms with Crippen LogP contribution in [0.15, 0.2) is 47.8 Å². The van der Waals surface area contributed by atoms with Crippen LogP contribution in [0.2, 0.25) is 0 Å². The maximum atomic E-state index is 5.58. The van der Waals surface area contributed by atoms with Crippen LogP contribution in [0.25, 0.3) is 21.3 Å². The molecule has 0 bridgehead atoms. The summed E-state index contributed by atoms with van der Waals surface area (Å²) in [5.41, 5.74) is 7.69. The molecule has 0 radical (unpaired) electrons. The predicted octanol–water partition coefficient (Wildman–Crippen LogP) is 3.42. The first kappa shape index (κ1) is 10.4. The number of rotatable bonds is 2. The molecule has 2 nitrogen and oxygen atoms in total. The Morgan fingerprint density at radius 2 is 1.88 bits per heavy atom. The maximum Gasteiger partial charge on any atom is 0.123 e. The van der Waals surface area contributed by atoms with Crippen molar-refractivity contribution < 1.29 is 0 Å². The molecule has 0 spiro atoms. The molecular formula is C14H12N2S. The summed E-state index contributed by atoms with van der Waals surface area (Å²) in [6.07, 6.45) is 0. The zero-order valence-electron chi connectivity index (χ0n) is 9.26. The van der Waals surface area contributed by atoms with Crippen molar-refractivity contribution in [2.75, 3.05) is 0 Å². The molecule has 0 amide bonds. The largest absolute Gasteiger partial charge is 0.325 e. The number of aromatic nitrogens is 1. The molecule has 3 heteroatoms. The van der Waals surface area contributed by atoms with E-state index in [0.717, 1.165) is 16.3 Å². The average Bonchev–Trinajstić information content (AvgIpc) is 2.87. The van der Waals surface area contributed by atoms with Crippen molar-refractivity contribution in [3.8, 4) is 10.6 Å². The van der Waals surface area contributed by atoms with E-state index in [2.05, 4.69) is 47.4 Å². The van der Waals surface area contributed by atoms with Crippen molar-refractivity contribution in [2.24, 2.45) is 5.73 Å². The van der Waals surface area contributed by atoms with Gasteiger partial charge in [0.05, 0.1) is 5.69 Å². The molecule has 1 heterocycles. The van der Waals surface area contributed by atoms with E-state index in [9.17, 15) is 0 Å². The van der Waals surface area contributed by atoms with Crippen LogP contribution in [0.3, 0.4) is 0 Å². The molecular weight excluding hydrogens is 228 g/mol. The van der Waals surface area contributed by atoms with Gasteiger partial charge < -0.3 is 5.73 Å². The number of fused-ring (bicyclic) bond motifs is 1. The molecule has 0 saturated heterocycles. The van der Waals surface area contributed by atoms with E-state index in [0.29, 0.717) is 6.54 Å². The van der Waals surface area contributed by atoms with Crippen LogP contribution in [0.1, 0.15) is 5.69 Å². The second kappa shape index (κ2) is 4.28. The van der Waals surface area contributed by atoms with Gasteiger partial charge in [-0.1, -0.05) is 36.4 Å². The Hall–Kier alpha value is -1.71. The van der Waals surface area contributed by atoms with Crippen molar-refractivity contribution in [1.29, 1.82) is 0 Å². The van der Waals surface area contributed by atoms with Crippen molar-refractivity contribution >= 4 is 22.1 Å². The number of nitrogens with zero attached hydrogens (tertiary/aromatic N) is 1. The van der Waals surface area contributed by atoms with E-state index in [4.69, 9.17) is 5.73 Å². The Morgan fingerprint density at radius 1 is 1.06 bits per heavy atom. The van der Waals surface area contributed by atoms with Gasteiger partial charge in [-0.3, -0.25) is 0 Å². The van der Waals surface area contributed by atoms with E-state index in [-0.39, 0.29) is 0 Å². The topological polar surface area (TPSA) is 38.9 Å². The highest BCUT2D eigenvalue weighted by atomic mass is 32.1. The third-order valence-corrected chi connectivity index (χ3v) is 3.70. The molecule has 17 heavy (non-hydrogen) atoms. The lowest BCUT2D eigenvalue weighted by Gasteiger charge is -2.00. The Kier molecular flexibility index (Phi) is 2.63. The summed E-state index contributed by atoms with van der Waals surface area (Å²) in [7, 11) is 0. The summed E-state index contributed by atoms with van der Waals surface area (Å²) in [5, 5.41) is 5.56. The number of thiazole rings is 1. The molecule has 0 saturated carbocycles. The van der Waals surface area contributed by atoms with E-state index in [1.807, 2.05) is 5.38 Å². The number of hydrogen-bond acceptors (Lipinski definition) is 3. The van der Waals surface area contributed by atoms with Crippen LogP contribution >= 0.6 is 11.3 Å². The van der Waals surface area contributed by atoms with Crippen LogP contribution in [0.4, 0.5) is 0 Å². The Bertz CT molecular complexity index is 658. The second-order valence-corrected chi connectivity index (χ2v) is 4.77. The van der Waals surface area contributed by atoms with E-state index < -0.39 is 0 Å². The molecule has 2 N–H and O–H groups in total. The average molecular weight is 240 g/mol. The molecule has 0 fully saturated rings.